The Morgan fingerprint density at radius 1 is 1.08 bits per heavy atom. The Labute approximate surface area is 233 Å². The predicted octanol–water partition coefficient (Wildman–Crippen LogP) is 7.05. The number of hydrogen-bond donors (Lipinski definition) is 0. The number of aromatic nitrogens is 1. The Bertz CT molecular complexity index is 1250. The fourth-order valence-corrected chi connectivity index (χ4v) is 5.45. The lowest BCUT2D eigenvalue weighted by molar-refractivity contribution is -0.139. The molecule has 0 radical (unpaired) electrons. The number of esters is 1. The number of hydrogen-bond acceptors (Lipinski definition) is 5. The quantitative estimate of drug-likeness (QED) is 0.200. The molecule has 1 aliphatic heterocycles. The van der Waals surface area contributed by atoms with Crippen LogP contribution in [-0.4, -0.2) is 37.8 Å². The molecule has 0 atom stereocenters. The van der Waals surface area contributed by atoms with Gasteiger partial charge in [-0.05, 0) is 60.6 Å². The van der Waals surface area contributed by atoms with E-state index in [0.29, 0.717) is 23.8 Å². The number of carbonyl (C=O) groups is 1. The van der Waals surface area contributed by atoms with Crippen molar-refractivity contribution < 1.29 is 18.7 Å². The van der Waals surface area contributed by atoms with Crippen molar-refractivity contribution in [2.45, 2.75) is 51.8 Å². The van der Waals surface area contributed by atoms with E-state index in [1.165, 1.54) is 19.2 Å². The summed E-state index contributed by atoms with van der Waals surface area (Å²) in [6.45, 7) is 9.01. The van der Waals surface area contributed by atoms with Crippen LogP contribution in [0.5, 0.6) is 5.75 Å². The number of methoxy groups -OCH3 is 1. The molecule has 0 spiro atoms. The summed E-state index contributed by atoms with van der Waals surface area (Å²) in [6.07, 6.45) is 3.04. The maximum absolute atomic E-state index is 13.1. The third-order valence-corrected chi connectivity index (χ3v) is 7.89. The molecule has 0 aliphatic carbocycles. The molecule has 202 valence electrons. The highest BCUT2D eigenvalue weighted by molar-refractivity contribution is 9.08. The number of halogens is 2. The molecule has 38 heavy (non-hydrogen) atoms. The van der Waals surface area contributed by atoms with E-state index < -0.39 is 0 Å². The van der Waals surface area contributed by atoms with Crippen molar-refractivity contribution >= 4 is 27.6 Å². The number of rotatable bonds is 9. The molecule has 1 saturated heterocycles. The Morgan fingerprint density at radius 3 is 2.34 bits per heavy atom. The maximum atomic E-state index is 13.1. The van der Waals surface area contributed by atoms with Crippen LogP contribution in [0.4, 0.5) is 10.1 Å². The molecule has 2 heterocycles. The van der Waals surface area contributed by atoms with Crippen molar-refractivity contribution in [2.24, 2.45) is 5.41 Å². The maximum Gasteiger partial charge on any atom is 0.310 e. The summed E-state index contributed by atoms with van der Waals surface area (Å²) in [5, 5.41) is 0.563. The van der Waals surface area contributed by atoms with Gasteiger partial charge in [0.05, 0.1) is 31.5 Å². The molecule has 0 N–H and O–H groups in total. The minimum atomic E-state index is -0.271. The van der Waals surface area contributed by atoms with Gasteiger partial charge in [-0.3, -0.25) is 9.78 Å². The summed E-state index contributed by atoms with van der Waals surface area (Å²) in [4.78, 5) is 19.8. The highest BCUT2D eigenvalue weighted by Gasteiger charge is 2.30. The number of pyridine rings is 1. The van der Waals surface area contributed by atoms with E-state index >= 15 is 0 Å². The Morgan fingerprint density at radius 2 is 1.74 bits per heavy atom. The molecule has 5 nitrogen and oxygen atoms in total. The van der Waals surface area contributed by atoms with Gasteiger partial charge in [0.15, 0.2) is 0 Å². The fourth-order valence-electron chi connectivity index (χ4n) is 4.98. The Hall–Kier alpha value is -2.93. The molecular formula is C31H36BrFN2O3. The number of carbonyl (C=O) groups excluding carboxylic acids is 1. The highest BCUT2D eigenvalue weighted by atomic mass is 79.9. The first kappa shape index (κ1) is 28.1. The average molecular weight is 584 g/mol. The molecular weight excluding hydrogens is 547 g/mol. The van der Waals surface area contributed by atoms with Crippen LogP contribution < -0.4 is 9.64 Å². The lowest BCUT2D eigenvalue weighted by Gasteiger charge is -2.40. The standard InChI is InChI=1S/C31H36BrFN2O3/c1-21-29(23-7-11-25(12-8-23)38-18-13-22-5-9-24(33)10-6-22)30(35-16-14-31(2,3)15-17-35)26(19-28(36)37-4)27(20-32)34-21/h5-12H,13-20H2,1-4H3. The lowest BCUT2D eigenvalue weighted by Crippen LogP contribution is -2.38. The van der Waals surface area contributed by atoms with Gasteiger partial charge in [-0.2, -0.15) is 0 Å². The number of benzene rings is 2. The largest absolute Gasteiger partial charge is 0.493 e. The van der Waals surface area contributed by atoms with E-state index in [2.05, 4.69) is 46.8 Å². The number of anilines is 1. The van der Waals surface area contributed by atoms with Gasteiger partial charge in [0.1, 0.15) is 11.6 Å². The third kappa shape index (κ3) is 6.73. The number of piperidine rings is 1. The predicted molar refractivity (Wildman–Crippen MR) is 154 cm³/mol. The van der Waals surface area contributed by atoms with Gasteiger partial charge in [-0.15, -0.1) is 0 Å². The van der Waals surface area contributed by atoms with Gasteiger partial charge in [0.2, 0.25) is 0 Å². The molecule has 0 bridgehead atoms. The third-order valence-electron chi connectivity index (χ3n) is 7.36. The molecule has 3 aromatic rings. The van der Waals surface area contributed by atoms with Crippen molar-refractivity contribution in [1.82, 2.24) is 4.98 Å². The second kappa shape index (κ2) is 12.3. The van der Waals surface area contributed by atoms with Crippen molar-refractivity contribution in [3.8, 4) is 16.9 Å². The topological polar surface area (TPSA) is 51.7 Å². The summed E-state index contributed by atoms with van der Waals surface area (Å²) >= 11 is 3.60. The average Bonchev–Trinajstić information content (AvgIpc) is 2.91. The number of alkyl halides is 1. The van der Waals surface area contributed by atoms with Crippen LogP contribution >= 0.6 is 15.9 Å². The zero-order chi connectivity index (χ0) is 27.3. The molecule has 1 aliphatic rings. The van der Waals surface area contributed by atoms with E-state index in [9.17, 15) is 9.18 Å². The van der Waals surface area contributed by atoms with Crippen LogP contribution in [0.15, 0.2) is 48.5 Å². The number of ether oxygens (including phenoxy) is 2. The van der Waals surface area contributed by atoms with Gasteiger partial charge in [-0.1, -0.05) is 54.0 Å². The molecule has 0 saturated carbocycles. The first-order valence-corrected chi connectivity index (χ1v) is 14.2. The SMILES string of the molecule is COC(=O)Cc1c(CBr)nc(C)c(-c2ccc(OCCc3ccc(F)cc3)cc2)c1N1CCC(C)(C)CC1. The summed E-state index contributed by atoms with van der Waals surface area (Å²) in [5.74, 6) is 0.267. The molecule has 7 heteroatoms. The molecule has 0 amide bonds. The zero-order valence-corrected chi connectivity index (χ0v) is 24.2. The number of nitrogens with zero attached hydrogens (tertiary/aromatic N) is 2. The second-order valence-corrected chi connectivity index (χ2v) is 11.2. The van der Waals surface area contributed by atoms with E-state index in [-0.39, 0.29) is 18.2 Å². The van der Waals surface area contributed by atoms with Crippen LogP contribution in [0.25, 0.3) is 11.1 Å². The monoisotopic (exact) mass is 582 g/mol. The summed E-state index contributed by atoms with van der Waals surface area (Å²) in [6, 6.07) is 14.6. The first-order valence-electron chi connectivity index (χ1n) is 13.1. The number of aryl methyl sites for hydroxylation is 1. The molecule has 2 aromatic carbocycles. The van der Waals surface area contributed by atoms with Gasteiger partial charge < -0.3 is 14.4 Å². The van der Waals surface area contributed by atoms with Crippen LogP contribution in [0.2, 0.25) is 0 Å². The zero-order valence-electron chi connectivity index (χ0n) is 22.7. The van der Waals surface area contributed by atoms with Gasteiger partial charge in [0.25, 0.3) is 0 Å². The van der Waals surface area contributed by atoms with Crippen molar-refractivity contribution in [2.75, 3.05) is 31.7 Å². The lowest BCUT2D eigenvalue weighted by atomic mass is 9.82. The summed E-state index contributed by atoms with van der Waals surface area (Å²) in [7, 11) is 1.43. The summed E-state index contributed by atoms with van der Waals surface area (Å²) in [5.41, 5.74) is 7.22. The van der Waals surface area contributed by atoms with E-state index in [1.54, 1.807) is 12.1 Å². The van der Waals surface area contributed by atoms with Crippen molar-refractivity contribution in [1.29, 1.82) is 0 Å². The molecule has 0 unspecified atom stereocenters. The minimum Gasteiger partial charge on any atom is -0.493 e. The summed E-state index contributed by atoms with van der Waals surface area (Å²) < 4.78 is 24.2. The Kier molecular flexibility index (Phi) is 9.08. The van der Waals surface area contributed by atoms with E-state index in [1.807, 2.05) is 19.1 Å². The normalized spacial score (nSPS) is 14.8. The smallest absolute Gasteiger partial charge is 0.310 e. The van der Waals surface area contributed by atoms with E-state index in [4.69, 9.17) is 14.5 Å². The van der Waals surface area contributed by atoms with Crippen molar-refractivity contribution in [3.05, 3.63) is 76.9 Å². The van der Waals surface area contributed by atoms with Gasteiger partial charge in [-0.25, -0.2) is 4.39 Å². The van der Waals surface area contributed by atoms with E-state index in [0.717, 1.165) is 71.0 Å². The Balaban J connectivity index is 1.65. The van der Waals surface area contributed by atoms with Crippen LogP contribution in [0.3, 0.4) is 0 Å². The van der Waals surface area contributed by atoms with Gasteiger partial charge >= 0.3 is 5.97 Å². The minimum absolute atomic E-state index is 0.178. The first-order chi connectivity index (χ1) is 18.2. The fraction of sp³-hybridized carbons (Fsp3) is 0.419. The molecule has 1 aromatic heterocycles. The molecule has 1 fully saturated rings. The van der Waals surface area contributed by atoms with Crippen LogP contribution in [0.1, 0.15) is 49.2 Å². The van der Waals surface area contributed by atoms with Gasteiger partial charge in [0, 0.05) is 41.7 Å². The van der Waals surface area contributed by atoms with Crippen molar-refractivity contribution in [3.63, 3.8) is 0 Å². The highest BCUT2D eigenvalue weighted by Crippen LogP contribution is 2.42. The van der Waals surface area contributed by atoms with Crippen LogP contribution in [0, 0.1) is 18.2 Å². The second-order valence-electron chi connectivity index (χ2n) is 10.6. The molecule has 4 rings (SSSR count). The van der Waals surface area contributed by atoms with Crippen LogP contribution in [-0.2, 0) is 27.7 Å².